The molecule has 1 aromatic carbocycles. The molecule has 0 bridgehead atoms. The number of amides is 1. The lowest BCUT2D eigenvalue weighted by atomic mass is 9.84. The fourth-order valence-electron chi connectivity index (χ4n) is 3.38. The van der Waals surface area contributed by atoms with Crippen LogP contribution in [0.1, 0.15) is 67.0 Å². The molecule has 1 aromatic heterocycles. The van der Waals surface area contributed by atoms with Crippen LogP contribution >= 0.6 is 0 Å². The summed E-state index contributed by atoms with van der Waals surface area (Å²) in [6.45, 7) is 15.1. The summed E-state index contributed by atoms with van der Waals surface area (Å²) in [5, 5.41) is 7.84. The maximum Gasteiger partial charge on any atom is 0.225 e. The summed E-state index contributed by atoms with van der Waals surface area (Å²) in [7, 11) is 1.64. The first kappa shape index (κ1) is 22.0. The van der Waals surface area contributed by atoms with Crippen LogP contribution in [0, 0.1) is 11.3 Å². The predicted molar refractivity (Wildman–Crippen MR) is 115 cm³/mol. The molecule has 0 spiro atoms. The third-order valence-corrected chi connectivity index (χ3v) is 4.56. The number of aromatic nitrogens is 2. The number of benzene rings is 1. The molecule has 0 aliphatic carbocycles. The average Bonchev–Trinajstić information content (AvgIpc) is 2.96. The van der Waals surface area contributed by atoms with Crippen LogP contribution in [0.25, 0.3) is 5.69 Å². The van der Waals surface area contributed by atoms with Gasteiger partial charge in [0.15, 0.2) is 0 Å². The van der Waals surface area contributed by atoms with Gasteiger partial charge in [-0.05, 0) is 42.0 Å². The minimum atomic E-state index is -0.114. The maximum absolute atomic E-state index is 12.7. The summed E-state index contributed by atoms with van der Waals surface area (Å²) in [4.78, 5) is 12.7. The fourth-order valence-corrected chi connectivity index (χ4v) is 3.38. The summed E-state index contributed by atoms with van der Waals surface area (Å²) in [5.41, 5.74) is 1.91. The molecule has 0 saturated carbocycles. The largest absolute Gasteiger partial charge is 0.497 e. The Bertz CT molecular complexity index is 793. The van der Waals surface area contributed by atoms with E-state index in [4.69, 9.17) is 9.84 Å². The Morgan fingerprint density at radius 1 is 1.14 bits per heavy atom. The van der Waals surface area contributed by atoms with Crippen LogP contribution in [-0.4, -0.2) is 22.8 Å². The van der Waals surface area contributed by atoms with Gasteiger partial charge in [0.2, 0.25) is 5.91 Å². The molecule has 1 atom stereocenters. The standard InChI is InChI=1S/C23H35N3O2/c1-16(15-22(2,3)4)13-21(27)24-20-14-19(23(5,6)7)25-26(20)17-9-11-18(28-8)12-10-17/h9-12,14,16H,13,15H2,1-8H3,(H,24,27)/t16-/m1/s1. The number of hydrogen-bond donors (Lipinski definition) is 1. The van der Waals surface area contributed by atoms with E-state index in [1.807, 2.05) is 30.3 Å². The number of ether oxygens (including phenoxy) is 1. The lowest BCUT2D eigenvalue weighted by Gasteiger charge is -2.22. The second-order valence-corrected chi connectivity index (χ2v) is 9.90. The van der Waals surface area contributed by atoms with Gasteiger partial charge in [-0.3, -0.25) is 4.79 Å². The van der Waals surface area contributed by atoms with Gasteiger partial charge in [0, 0.05) is 17.9 Å². The molecule has 28 heavy (non-hydrogen) atoms. The van der Waals surface area contributed by atoms with Crippen LogP contribution in [0.4, 0.5) is 5.82 Å². The third-order valence-electron chi connectivity index (χ3n) is 4.56. The van der Waals surface area contributed by atoms with Crippen LogP contribution in [-0.2, 0) is 10.2 Å². The average molecular weight is 386 g/mol. The molecule has 1 amide bonds. The molecule has 0 aliphatic rings. The molecule has 1 N–H and O–H groups in total. The highest BCUT2D eigenvalue weighted by molar-refractivity contribution is 5.90. The molecule has 1 heterocycles. The zero-order valence-corrected chi connectivity index (χ0v) is 18.6. The van der Waals surface area contributed by atoms with Gasteiger partial charge < -0.3 is 10.1 Å². The molecule has 154 valence electrons. The number of rotatable bonds is 6. The Morgan fingerprint density at radius 3 is 2.25 bits per heavy atom. The van der Waals surface area contributed by atoms with E-state index in [1.165, 1.54) is 0 Å². The molecular formula is C23H35N3O2. The molecule has 5 nitrogen and oxygen atoms in total. The van der Waals surface area contributed by atoms with Crippen molar-refractivity contribution < 1.29 is 9.53 Å². The topological polar surface area (TPSA) is 56.1 Å². The second kappa shape index (κ2) is 8.38. The molecule has 0 aliphatic heterocycles. The Morgan fingerprint density at radius 2 is 1.75 bits per heavy atom. The highest BCUT2D eigenvalue weighted by Crippen LogP contribution is 2.29. The van der Waals surface area contributed by atoms with Gasteiger partial charge in [-0.2, -0.15) is 5.10 Å². The van der Waals surface area contributed by atoms with Gasteiger partial charge in [-0.25, -0.2) is 4.68 Å². The van der Waals surface area contributed by atoms with Gasteiger partial charge in [-0.1, -0.05) is 48.5 Å². The predicted octanol–water partition coefficient (Wildman–Crippen LogP) is 5.58. The first-order valence-electron chi connectivity index (χ1n) is 9.94. The number of carbonyl (C=O) groups is 1. The van der Waals surface area contributed by atoms with Crippen LogP contribution in [0.15, 0.2) is 30.3 Å². The number of nitrogens with one attached hydrogen (secondary N) is 1. The van der Waals surface area contributed by atoms with E-state index in [0.29, 0.717) is 18.2 Å². The highest BCUT2D eigenvalue weighted by atomic mass is 16.5. The molecule has 0 unspecified atom stereocenters. The first-order chi connectivity index (χ1) is 12.9. The molecule has 0 saturated heterocycles. The normalized spacial score (nSPS) is 13.3. The molecule has 2 rings (SSSR count). The SMILES string of the molecule is COc1ccc(-n2nc(C(C)(C)C)cc2NC(=O)C[C@@H](C)CC(C)(C)C)cc1. The van der Waals surface area contributed by atoms with Crippen molar-refractivity contribution in [2.24, 2.45) is 11.3 Å². The number of hydrogen-bond acceptors (Lipinski definition) is 3. The Kier molecular flexibility index (Phi) is 6.58. The van der Waals surface area contributed by atoms with Crippen molar-refractivity contribution >= 4 is 11.7 Å². The Balaban J connectivity index is 2.26. The van der Waals surface area contributed by atoms with Crippen molar-refractivity contribution in [1.82, 2.24) is 9.78 Å². The molecular weight excluding hydrogens is 350 g/mol. The van der Waals surface area contributed by atoms with Crippen LogP contribution < -0.4 is 10.1 Å². The monoisotopic (exact) mass is 385 g/mol. The zero-order valence-electron chi connectivity index (χ0n) is 18.6. The lowest BCUT2D eigenvalue weighted by molar-refractivity contribution is -0.117. The van der Waals surface area contributed by atoms with Crippen LogP contribution in [0.3, 0.4) is 0 Å². The summed E-state index contributed by atoms with van der Waals surface area (Å²) >= 11 is 0. The van der Waals surface area contributed by atoms with E-state index in [1.54, 1.807) is 11.8 Å². The fraction of sp³-hybridized carbons (Fsp3) is 0.565. The van der Waals surface area contributed by atoms with Gasteiger partial charge in [0.1, 0.15) is 11.6 Å². The van der Waals surface area contributed by atoms with E-state index >= 15 is 0 Å². The first-order valence-corrected chi connectivity index (χ1v) is 9.94. The maximum atomic E-state index is 12.7. The molecule has 2 aromatic rings. The Labute approximate surface area is 169 Å². The van der Waals surface area contributed by atoms with Crippen molar-refractivity contribution in [3.63, 3.8) is 0 Å². The minimum absolute atomic E-state index is 0.0203. The van der Waals surface area contributed by atoms with Gasteiger partial charge in [0.25, 0.3) is 0 Å². The van der Waals surface area contributed by atoms with E-state index in [9.17, 15) is 4.79 Å². The quantitative estimate of drug-likeness (QED) is 0.706. The molecule has 0 radical (unpaired) electrons. The van der Waals surface area contributed by atoms with E-state index in [0.717, 1.165) is 23.6 Å². The van der Waals surface area contributed by atoms with E-state index in [2.05, 4.69) is 53.8 Å². The summed E-state index contributed by atoms with van der Waals surface area (Å²) in [6, 6.07) is 9.64. The van der Waals surface area contributed by atoms with Crippen molar-refractivity contribution in [2.75, 3.05) is 12.4 Å². The zero-order chi connectivity index (χ0) is 21.1. The number of carbonyl (C=O) groups excluding carboxylic acids is 1. The van der Waals surface area contributed by atoms with Crippen LogP contribution in [0.2, 0.25) is 0 Å². The van der Waals surface area contributed by atoms with E-state index < -0.39 is 0 Å². The third kappa shape index (κ3) is 6.11. The number of anilines is 1. The molecule has 0 fully saturated rings. The lowest BCUT2D eigenvalue weighted by Crippen LogP contribution is -2.20. The minimum Gasteiger partial charge on any atom is -0.497 e. The summed E-state index contributed by atoms with van der Waals surface area (Å²) in [5.74, 6) is 1.82. The van der Waals surface area contributed by atoms with Crippen LogP contribution in [0.5, 0.6) is 5.75 Å². The van der Waals surface area contributed by atoms with Crippen molar-refractivity contribution in [1.29, 1.82) is 0 Å². The molecule has 5 heteroatoms. The smallest absolute Gasteiger partial charge is 0.225 e. The Hall–Kier alpha value is -2.30. The summed E-state index contributed by atoms with van der Waals surface area (Å²) < 4.78 is 7.04. The number of methoxy groups -OCH3 is 1. The van der Waals surface area contributed by atoms with Gasteiger partial charge in [-0.15, -0.1) is 0 Å². The van der Waals surface area contributed by atoms with Crippen molar-refractivity contribution in [2.45, 2.75) is 66.7 Å². The highest BCUT2D eigenvalue weighted by Gasteiger charge is 2.23. The van der Waals surface area contributed by atoms with Crippen molar-refractivity contribution in [3.8, 4) is 11.4 Å². The van der Waals surface area contributed by atoms with Gasteiger partial charge >= 0.3 is 0 Å². The second-order valence-electron chi connectivity index (χ2n) is 9.90. The summed E-state index contributed by atoms with van der Waals surface area (Å²) in [6.07, 6.45) is 1.50. The van der Waals surface area contributed by atoms with Gasteiger partial charge in [0.05, 0.1) is 18.5 Å². The van der Waals surface area contributed by atoms with E-state index in [-0.39, 0.29) is 16.7 Å². The number of nitrogens with zero attached hydrogens (tertiary/aromatic N) is 2. The van der Waals surface area contributed by atoms with Crippen molar-refractivity contribution in [3.05, 3.63) is 36.0 Å².